The fraction of sp³-hybridized carbons (Fsp3) is 0.235. The normalized spacial score (nSPS) is 20.8. The van der Waals surface area contributed by atoms with Crippen molar-refractivity contribution in [2.75, 3.05) is 10.5 Å². The predicted octanol–water partition coefficient (Wildman–Crippen LogP) is 3.81. The molecule has 25 heavy (non-hydrogen) atoms. The quantitative estimate of drug-likeness (QED) is 0.824. The minimum atomic E-state index is -3.77. The van der Waals surface area contributed by atoms with E-state index in [9.17, 15) is 8.42 Å². The number of halogens is 1. The summed E-state index contributed by atoms with van der Waals surface area (Å²) in [5.41, 5.74) is 6.79. The Labute approximate surface area is 156 Å². The largest absolute Gasteiger partial charge is 0.379 e. The van der Waals surface area contributed by atoms with Crippen molar-refractivity contribution in [3.05, 3.63) is 59.1 Å². The molecule has 0 amide bonds. The maximum atomic E-state index is 12.6. The summed E-state index contributed by atoms with van der Waals surface area (Å²) >= 11 is 7.54. The summed E-state index contributed by atoms with van der Waals surface area (Å²) in [4.78, 5) is 4.60. The van der Waals surface area contributed by atoms with Crippen molar-refractivity contribution in [2.24, 2.45) is 10.7 Å². The summed E-state index contributed by atoms with van der Waals surface area (Å²) in [6.45, 7) is 2.00. The summed E-state index contributed by atoms with van der Waals surface area (Å²) < 4.78 is 27.8. The summed E-state index contributed by atoms with van der Waals surface area (Å²) in [6, 6.07) is 13.6. The molecule has 2 aromatic carbocycles. The average molecular weight is 396 g/mol. The Balaban J connectivity index is 1.93. The van der Waals surface area contributed by atoms with Crippen LogP contribution >= 0.6 is 23.4 Å². The molecule has 0 saturated carbocycles. The van der Waals surface area contributed by atoms with E-state index in [4.69, 9.17) is 17.3 Å². The van der Waals surface area contributed by atoms with Gasteiger partial charge in [0.05, 0.1) is 10.6 Å². The van der Waals surface area contributed by atoms with Gasteiger partial charge in [0.25, 0.3) is 10.0 Å². The van der Waals surface area contributed by atoms with E-state index in [2.05, 4.69) is 9.71 Å². The van der Waals surface area contributed by atoms with E-state index in [1.54, 1.807) is 36.4 Å². The van der Waals surface area contributed by atoms with Gasteiger partial charge < -0.3 is 5.73 Å². The van der Waals surface area contributed by atoms with Crippen LogP contribution in [0.15, 0.2) is 58.4 Å². The molecule has 1 aliphatic heterocycles. The number of benzene rings is 2. The standard InChI is InChI=1S/C17H18ClN3O2S2/c1-17(9-10-24-16(19)20-17)12-5-4-6-13(11-12)21-25(22,23)15-8-3-2-7-14(15)18/h2-8,11,21H,9-10H2,1H3,(H2,19,20). The molecular formula is C17H18ClN3O2S2. The molecule has 0 saturated heterocycles. The third-order valence-corrected chi connectivity index (χ3v) is 6.74. The molecule has 0 bridgehead atoms. The number of anilines is 1. The van der Waals surface area contributed by atoms with Gasteiger partial charge in [-0.2, -0.15) is 0 Å². The zero-order valence-corrected chi connectivity index (χ0v) is 16.0. The first-order chi connectivity index (χ1) is 11.8. The molecule has 0 spiro atoms. The third-order valence-electron chi connectivity index (χ3n) is 4.06. The summed E-state index contributed by atoms with van der Waals surface area (Å²) in [5, 5.41) is 0.732. The van der Waals surface area contributed by atoms with Crippen molar-refractivity contribution in [1.82, 2.24) is 0 Å². The monoisotopic (exact) mass is 395 g/mol. The van der Waals surface area contributed by atoms with Gasteiger partial charge in [-0.1, -0.05) is 47.6 Å². The number of aliphatic imine (C=N–C) groups is 1. The number of thioether (sulfide) groups is 1. The number of nitrogens with one attached hydrogen (secondary N) is 1. The van der Waals surface area contributed by atoms with E-state index in [1.165, 1.54) is 17.8 Å². The number of nitrogens with two attached hydrogens (primary N) is 1. The summed E-state index contributed by atoms with van der Waals surface area (Å²) in [7, 11) is -3.77. The number of hydrogen-bond acceptors (Lipinski definition) is 5. The predicted molar refractivity (Wildman–Crippen MR) is 105 cm³/mol. The molecular weight excluding hydrogens is 378 g/mol. The minimum absolute atomic E-state index is 0.0459. The van der Waals surface area contributed by atoms with Crippen molar-refractivity contribution in [3.8, 4) is 0 Å². The summed E-state index contributed by atoms with van der Waals surface area (Å²) in [5.74, 6) is 0.876. The second-order valence-electron chi connectivity index (χ2n) is 5.94. The first-order valence-electron chi connectivity index (χ1n) is 7.66. The van der Waals surface area contributed by atoms with E-state index in [0.29, 0.717) is 10.9 Å². The first kappa shape index (κ1) is 18.1. The van der Waals surface area contributed by atoms with Crippen LogP contribution in [0.25, 0.3) is 0 Å². The Morgan fingerprint density at radius 3 is 2.72 bits per heavy atom. The molecule has 0 aliphatic carbocycles. The fourth-order valence-corrected chi connectivity index (χ4v) is 5.23. The van der Waals surface area contributed by atoms with E-state index >= 15 is 0 Å². The van der Waals surface area contributed by atoms with Crippen LogP contribution in [0.5, 0.6) is 0 Å². The van der Waals surface area contributed by atoms with Crippen molar-refractivity contribution in [1.29, 1.82) is 0 Å². The number of rotatable bonds is 4. The summed E-state index contributed by atoms with van der Waals surface area (Å²) in [6.07, 6.45) is 0.832. The van der Waals surface area contributed by atoms with Crippen LogP contribution in [-0.2, 0) is 15.6 Å². The lowest BCUT2D eigenvalue weighted by atomic mass is 9.89. The van der Waals surface area contributed by atoms with Gasteiger partial charge in [0.15, 0.2) is 5.17 Å². The smallest absolute Gasteiger partial charge is 0.263 e. The van der Waals surface area contributed by atoms with Crippen LogP contribution in [0.4, 0.5) is 5.69 Å². The van der Waals surface area contributed by atoms with Crippen LogP contribution in [0.2, 0.25) is 5.02 Å². The second-order valence-corrected chi connectivity index (χ2v) is 9.11. The van der Waals surface area contributed by atoms with Gasteiger partial charge in [-0.3, -0.25) is 9.71 Å². The molecule has 1 unspecified atom stereocenters. The third kappa shape index (κ3) is 3.94. The van der Waals surface area contributed by atoms with Gasteiger partial charge in [0, 0.05) is 11.4 Å². The molecule has 8 heteroatoms. The maximum absolute atomic E-state index is 12.6. The highest BCUT2D eigenvalue weighted by Crippen LogP contribution is 2.36. The number of nitrogens with zero attached hydrogens (tertiary/aromatic N) is 1. The van der Waals surface area contributed by atoms with E-state index in [1.807, 2.05) is 13.0 Å². The molecule has 0 radical (unpaired) electrons. The molecule has 2 aromatic rings. The minimum Gasteiger partial charge on any atom is -0.379 e. The van der Waals surface area contributed by atoms with Gasteiger partial charge in [-0.15, -0.1) is 0 Å². The van der Waals surface area contributed by atoms with Crippen molar-refractivity contribution in [2.45, 2.75) is 23.8 Å². The molecule has 0 aromatic heterocycles. The molecule has 1 heterocycles. The highest BCUT2D eigenvalue weighted by Gasteiger charge is 2.29. The maximum Gasteiger partial charge on any atom is 0.263 e. The van der Waals surface area contributed by atoms with Crippen LogP contribution in [0.3, 0.4) is 0 Å². The average Bonchev–Trinajstić information content (AvgIpc) is 2.55. The first-order valence-corrected chi connectivity index (χ1v) is 10.5. The van der Waals surface area contributed by atoms with E-state index in [0.717, 1.165) is 17.7 Å². The molecule has 1 atom stereocenters. The van der Waals surface area contributed by atoms with Crippen LogP contribution in [0, 0.1) is 0 Å². The Hall–Kier alpha value is -1.70. The Morgan fingerprint density at radius 2 is 2.00 bits per heavy atom. The number of hydrogen-bond donors (Lipinski definition) is 2. The topological polar surface area (TPSA) is 84.5 Å². The van der Waals surface area contributed by atoms with Crippen molar-refractivity contribution in [3.63, 3.8) is 0 Å². The zero-order chi connectivity index (χ0) is 18.1. The van der Waals surface area contributed by atoms with Gasteiger partial charge in [0.1, 0.15) is 4.90 Å². The van der Waals surface area contributed by atoms with Gasteiger partial charge in [0.2, 0.25) is 0 Å². The molecule has 3 rings (SSSR count). The highest BCUT2D eigenvalue weighted by molar-refractivity contribution is 8.13. The Kier molecular flexibility index (Phi) is 4.99. The van der Waals surface area contributed by atoms with Crippen molar-refractivity contribution >= 4 is 44.2 Å². The molecule has 0 fully saturated rings. The SMILES string of the molecule is CC1(c2cccc(NS(=O)(=O)c3ccccc3Cl)c2)CCSC(N)=N1. The zero-order valence-electron chi connectivity index (χ0n) is 13.6. The number of sulfonamides is 1. The Bertz CT molecular complexity index is 931. The lowest BCUT2D eigenvalue weighted by molar-refractivity contribution is 0.482. The molecule has 132 valence electrons. The highest BCUT2D eigenvalue weighted by atomic mass is 35.5. The van der Waals surface area contributed by atoms with E-state index < -0.39 is 15.6 Å². The van der Waals surface area contributed by atoms with Gasteiger partial charge in [-0.05, 0) is 43.2 Å². The van der Waals surface area contributed by atoms with Crippen molar-refractivity contribution < 1.29 is 8.42 Å². The molecule has 3 N–H and O–H groups in total. The Morgan fingerprint density at radius 1 is 1.24 bits per heavy atom. The lowest BCUT2D eigenvalue weighted by Crippen LogP contribution is -2.28. The second kappa shape index (κ2) is 6.90. The molecule has 5 nitrogen and oxygen atoms in total. The van der Waals surface area contributed by atoms with Crippen LogP contribution in [-0.4, -0.2) is 19.3 Å². The molecule has 1 aliphatic rings. The van der Waals surface area contributed by atoms with Gasteiger partial charge >= 0.3 is 0 Å². The van der Waals surface area contributed by atoms with Crippen LogP contribution < -0.4 is 10.5 Å². The number of amidine groups is 1. The van der Waals surface area contributed by atoms with Gasteiger partial charge in [-0.25, -0.2) is 8.42 Å². The lowest BCUT2D eigenvalue weighted by Gasteiger charge is -2.30. The fourth-order valence-electron chi connectivity index (χ4n) is 2.69. The van der Waals surface area contributed by atoms with Crippen LogP contribution in [0.1, 0.15) is 18.9 Å². The van der Waals surface area contributed by atoms with E-state index in [-0.39, 0.29) is 9.92 Å².